The summed E-state index contributed by atoms with van der Waals surface area (Å²) >= 11 is 0. The van der Waals surface area contributed by atoms with Gasteiger partial charge in [-0.15, -0.1) is 0 Å². The maximum atomic E-state index is 13.5. The Balaban J connectivity index is 2.17. The molecule has 0 aliphatic heterocycles. The van der Waals surface area contributed by atoms with Gasteiger partial charge in [0, 0.05) is 6.04 Å². The Morgan fingerprint density at radius 1 is 1.22 bits per heavy atom. The molecule has 1 saturated carbocycles. The quantitative estimate of drug-likeness (QED) is 0.806. The summed E-state index contributed by atoms with van der Waals surface area (Å²) < 4.78 is 13.5. The number of aromatic carboxylic acids is 1. The Kier molecular flexibility index (Phi) is 4.18. The molecule has 0 atom stereocenters. The van der Waals surface area contributed by atoms with Gasteiger partial charge in [0.2, 0.25) is 0 Å². The van der Waals surface area contributed by atoms with Gasteiger partial charge in [-0.3, -0.25) is 0 Å². The molecular weight excluding hydrogens is 233 g/mol. The maximum Gasteiger partial charge on any atom is 0.340 e. The first-order valence-electron chi connectivity index (χ1n) is 6.47. The van der Waals surface area contributed by atoms with E-state index in [-0.39, 0.29) is 11.6 Å². The average molecular weight is 251 g/mol. The van der Waals surface area contributed by atoms with E-state index in [1.165, 1.54) is 18.9 Å². The first kappa shape index (κ1) is 12.9. The summed E-state index contributed by atoms with van der Waals surface area (Å²) in [6.07, 6.45) is 6.80. The zero-order chi connectivity index (χ0) is 13.0. The summed E-state index contributed by atoms with van der Waals surface area (Å²) in [5.41, 5.74) is 0.149. The normalized spacial score (nSPS) is 17.2. The molecule has 0 amide bonds. The van der Waals surface area contributed by atoms with Gasteiger partial charge in [-0.2, -0.15) is 0 Å². The Morgan fingerprint density at radius 2 is 1.89 bits per heavy atom. The fourth-order valence-electron chi connectivity index (χ4n) is 2.51. The van der Waals surface area contributed by atoms with E-state index in [0.717, 1.165) is 25.7 Å². The van der Waals surface area contributed by atoms with Crippen molar-refractivity contribution in [3.63, 3.8) is 0 Å². The number of rotatable bonds is 3. The molecule has 4 heteroatoms. The van der Waals surface area contributed by atoms with Crippen LogP contribution in [0.25, 0.3) is 0 Å². The monoisotopic (exact) mass is 251 g/mol. The van der Waals surface area contributed by atoms with Crippen molar-refractivity contribution in [1.82, 2.24) is 0 Å². The van der Waals surface area contributed by atoms with Crippen LogP contribution in [0.2, 0.25) is 0 Å². The lowest BCUT2D eigenvalue weighted by Gasteiger charge is -2.19. The molecule has 0 unspecified atom stereocenters. The molecule has 2 rings (SSSR count). The van der Waals surface area contributed by atoms with Crippen LogP contribution in [-0.2, 0) is 0 Å². The highest BCUT2D eigenvalue weighted by molar-refractivity contribution is 5.94. The van der Waals surface area contributed by atoms with Crippen LogP contribution in [0.15, 0.2) is 18.2 Å². The van der Waals surface area contributed by atoms with Crippen LogP contribution < -0.4 is 5.32 Å². The standard InChI is InChI=1S/C14H18FNO2/c15-11-8-5-9-12(13(11)14(17)18)16-10-6-3-1-2-4-7-10/h5,8-10,16H,1-4,6-7H2,(H,17,18). The van der Waals surface area contributed by atoms with Crippen molar-refractivity contribution in [2.75, 3.05) is 5.32 Å². The van der Waals surface area contributed by atoms with Crippen molar-refractivity contribution < 1.29 is 14.3 Å². The van der Waals surface area contributed by atoms with Crippen LogP contribution in [-0.4, -0.2) is 17.1 Å². The number of halogens is 1. The minimum atomic E-state index is -1.22. The van der Waals surface area contributed by atoms with Crippen LogP contribution in [0, 0.1) is 5.82 Å². The highest BCUT2D eigenvalue weighted by Gasteiger charge is 2.19. The van der Waals surface area contributed by atoms with Gasteiger partial charge in [-0.25, -0.2) is 9.18 Å². The number of carboxylic acids is 1. The second kappa shape index (κ2) is 5.85. The fourth-order valence-corrected chi connectivity index (χ4v) is 2.51. The third kappa shape index (κ3) is 3.00. The maximum absolute atomic E-state index is 13.5. The van der Waals surface area contributed by atoms with Crippen molar-refractivity contribution in [2.45, 2.75) is 44.6 Å². The van der Waals surface area contributed by atoms with E-state index in [0.29, 0.717) is 5.69 Å². The lowest BCUT2D eigenvalue weighted by atomic mass is 10.1. The summed E-state index contributed by atoms with van der Waals surface area (Å²) in [4.78, 5) is 11.1. The molecule has 1 aliphatic rings. The van der Waals surface area contributed by atoms with Gasteiger partial charge in [0.15, 0.2) is 0 Å². The number of hydrogen-bond donors (Lipinski definition) is 2. The van der Waals surface area contributed by atoms with Crippen LogP contribution in [0.3, 0.4) is 0 Å². The Bertz CT molecular complexity index is 426. The zero-order valence-corrected chi connectivity index (χ0v) is 10.3. The number of hydrogen-bond acceptors (Lipinski definition) is 2. The van der Waals surface area contributed by atoms with Gasteiger partial charge < -0.3 is 10.4 Å². The molecule has 0 aromatic heterocycles. The third-order valence-electron chi connectivity index (χ3n) is 3.44. The molecule has 98 valence electrons. The van der Waals surface area contributed by atoms with Gasteiger partial charge >= 0.3 is 5.97 Å². The minimum absolute atomic E-state index is 0.248. The molecule has 2 N–H and O–H groups in total. The molecule has 0 bridgehead atoms. The lowest BCUT2D eigenvalue weighted by molar-refractivity contribution is 0.0693. The van der Waals surface area contributed by atoms with Gasteiger partial charge in [-0.05, 0) is 25.0 Å². The average Bonchev–Trinajstić information content (AvgIpc) is 2.57. The van der Waals surface area contributed by atoms with Crippen molar-refractivity contribution in [3.8, 4) is 0 Å². The lowest BCUT2D eigenvalue weighted by Crippen LogP contribution is -2.20. The first-order chi connectivity index (χ1) is 8.68. The van der Waals surface area contributed by atoms with Crippen molar-refractivity contribution >= 4 is 11.7 Å². The number of anilines is 1. The third-order valence-corrected chi connectivity index (χ3v) is 3.44. The highest BCUT2D eigenvalue weighted by Crippen LogP contribution is 2.24. The smallest absolute Gasteiger partial charge is 0.340 e. The Morgan fingerprint density at radius 3 is 2.50 bits per heavy atom. The summed E-state index contributed by atoms with van der Waals surface area (Å²) in [6, 6.07) is 4.62. The van der Waals surface area contributed by atoms with Crippen molar-refractivity contribution in [3.05, 3.63) is 29.6 Å². The molecule has 1 fully saturated rings. The van der Waals surface area contributed by atoms with Crippen molar-refractivity contribution in [1.29, 1.82) is 0 Å². The Hall–Kier alpha value is -1.58. The fraction of sp³-hybridized carbons (Fsp3) is 0.500. The summed E-state index contributed by atoms with van der Waals surface area (Å²) in [5, 5.41) is 12.2. The van der Waals surface area contributed by atoms with E-state index in [1.54, 1.807) is 12.1 Å². The summed E-state index contributed by atoms with van der Waals surface area (Å²) in [5.74, 6) is -1.90. The molecule has 1 aliphatic carbocycles. The molecule has 1 aromatic rings. The minimum Gasteiger partial charge on any atom is -0.478 e. The van der Waals surface area contributed by atoms with Crippen molar-refractivity contribution in [2.24, 2.45) is 0 Å². The molecule has 18 heavy (non-hydrogen) atoms. The van der Waals surface area contributed by atoms with E-state index in [2.05, 4.69) is 5.32 Å². The predicted molar refractivity (Wildman–Crippen MR) is 68.5 cm³/mol. The molecule has 3 nitrogen and oxygen atoms in total. The van der Waals surface area contributed by atoms with E-state index < -0.39 is 11.8 Å². The number of nitrogens with one attached hydrogen (secondary N) is 1. The number of carboxylic acid groups (broad SMARTS) is 1. The van der Waals surface area contributed by atoms with Gasteiger partial charge in [0.25, 0.3) is 0 Å². The molecule has 0 saturated heterocycles. The zero-order valence-electron chi connectivity index (χ0n) is 10.3. The molecule has 0 spiro atoms. The molecular formula is C14H18FNO2. The predicted octanol–water partition coefficient (Wildman–Crippen LogP) is 3.66. The van der Waals surface area contributed by atoms with Crippen LogP contribution in [0.1, 0.15) is 48.9 Å². The van der Waals surface area contributed by atoms with Gasteiger partial charge in [0.1, 0.15) is 11.4 Å². The summed E-state index contributed by atoms with van der Waals surface area (Å²) in [7, 11) is 0. The SMILES string of the molecule is O=C(O)c1c(F)cccc1NC1CCCCCC1. The molecule has 1 aromatic carbocycles. The largest absolute Gasteiger partial charge is 0.478 e. The number of carbonyl (C=O) groups is 1. The second-order valence-electron chi connectivity index (χ2n) is 4.80. The summed E-state index contributed by atoms with van der Waals surface area (Å²) in [6.45, 7) is 0. The van der Waals surface area contributed by atoms with Crippen LogP contribution in [0.4, 0.5) is 10.1 Å². The topological polar surface area (TPSA) is 49.3 Å². The first-order valence-corrected chi connectivity index (χ1v) is 6.47. The van der Waals surface area contributed by atoms with Crippen LogP contribution in [0.5, 0.6) is 0 Å². The molecule has 0 heterocycles. The molecule has 0 radical (unpaired) electrons. The number of benzene rings is 1. The van der Waals surface area contributed by atoms with E-state index in [4.69, 9.17) is 5.11 Å². The van der Waals surface area contributed by atoms with E-state index in [9.17, 15) is 9.18 Å². The van der Waals surface area contributed by atoms with Gasteiger partial charge in [0.05, 0.1) is 5.69 Å². The van der Waals surface area contributed by atoms with E-state index >= 15 is 0 Å². The van der Waals surface area contributed by atoms with E-state index in [1.807, 2.05) is 0 Å². The second-order valence-corrected chi connectivity index (χ2v) is 4.80. The van der Waals surface area contributed by atoms with Crippen LogP contribution >= 0.6 is 0 Å². The Labute approximate surface area is 106 Å². The van der Waals surface area contributed by atoms with Gasteiger partial charge in [-0.1, -0.05) is 31.7 Å². The highest BCUT2D eigenvalue weighted by atomic mass is 19.1.